The molecule has 0 aliphatic carbocycles. The molecule has 1 amide bonds. The number of aryl methyl sites for hydroxylation is 1. The Morgan fingerprint density at radius 3 is 2.67 bits per heavy atom. The van der Waals surface area contributed by atoms with Crippen molar-refractivity contribution < 1.29 is 9.59 Å². The lowest BCUT2D eigenvalue weighted by Crippen LogP contribution is -2.29. The van der Waals surface area contributed by atoms with Crippen LogP contribution in [0.25, 0.3) is 0 Å². The summed E-state index contributed by atoms with van der Waals surface area (Å²) >= 11 is 9.03. The summed E-state index contributed by atoms with van der Waals surface area (Å²) < 4.78 is 0.771. The van der Waals surface area contributed by atoms with E-state index in [0.29, 0.717) is 16.9 Å². The highest BCUT2D eigenvalue weighted by Crippen LogP contribution is 2.35. The Hall–Kier alpha value is -1.79. The van der Waals surface area contributed by atoms with Gasteiger partial charge in [0.25, 0.3) is 11.7 Å². The number of carbonyl (C=O) groups excluding carboxylic acids is 2. The van der Waals surface area contributed by atoms with E-state index in [1.807, 2.05) is 13.0 Å². The second kappa shape index (κ2) is 5.20. The minimum Gasteiger partial charge on any atom is -0.298 e. The molecule has 0 N–H and O–H groups in total. The van der Waals surface area contributed by atoms with Crippen molar-refractivity contribution in [3.8, 4) is 0 Å². The summed E-state index contributed by atoms with van der Waals surface area (Å²) in [5.41, 5.74) is 2.45. The number of ketones is 1. The van der Waals surface area contributed by atoms with Crippen molar-refractivity contribution in [2.75, 3.05) is 4.90 Å². The summed E-state index contributed by atoms with van der Waals surface area (Å²) in [6.07, 6.45) is 2.90. The van der Waals surface area contributed by atoms with Gasteiger partial charge in [-0.1, -0.05) is 27.5 Å². The zero-order valence-corrected chi connectivity index (χ0v) is 13.3. The Balaban J connectivity index is 2.03. The molecule has 0 fully saturated rings. The first-order valence-corrected chi connectivity index (χ1v) is 7.27. The van der Waals surface area contributed by atoms with Crippen molar-refractivity contribution in [2.45, 2.75) is 13.5 Å². The van der Waals surface area contributed by atoms with E-state index < -0.39 is 11.7 Å². The fraction of sp³-hybridized carbons (Fsp3) is 0.143. The number of fused-ring (bicyclic) bond motifs is 1. The molecule has 3 rings (SSSR count). The molecule has 0 atom stereocenters. The maximum atomic E-state index is 12.2. The van der Waals surface area contributed by atoms with E-state index in [-0.39, 0.29) is 11.7 Å². The van der Waals surface area contributed by atoms with Gasteiger partial charge < -0.3 is 0 Å². The molecular weight excluding hydrogens is 358 g/mol. The zero-order chi connectivity index (χ0) is 15.1. The maximum Gasteiger partial charge on any atom is 0.299 e. The van der Waals surface area contributed by atoms with Crippen LogP contribution in [-0.2, 0) is 11.3 Å². The molecule has 2 heterocycles. The Morgan fingerprint density at radius 1 is 1.24 bits per heavy atom. The van der Waals surface area contributed by atoms with Crippen LogP contribution in [0.15, 0.2) is 29.0 Å². The molecule has 0 spiro atoms. The molecule has 7 heteroatoms. The highest BCUT2D eigenvalue weighted by Gasteiger charge is 2.37. The lowest BCUT2D eigenvalue weighted by Gasteiger charge is -2.18. The summed E-state index contributed by atoms with van der Waals surface area (Å²) in [5.74, 6) is -1.06. The lowest BCUT2D eigenvalue weighted by atomic mass is 10.1. The minimum absolute atomic E-state index is 0.185. The summed E-state index contributed by atoms with van der Waals surface area (Å²) in [6.45, 7) is 2.04. The van der Waals surface area contributed by atoms with Crippen molar-refractivity contribution in [2.24, 2.45) is 0 Å². The van der Waals surface area contributed by atoms with E-state index in [4.69, 9.17) is 11.6 Å². The second-order valence-electron chi connectivity index (χ2n) is 4.67. The number of hydrogen-bond acceptors (Lipinski definition) is 4. The van der Waals surface area contributed by atoms with Gasteiger partial charge >= 0.3 is 0 Å². The van der Waals surface area contributed by atoms with Crippen LogP contribution < -0.4 is 4.90 Å². The minimum atomic E-state index is -0.553. The van der Waals surface area contributed by atoms with E-state index in [1.165, 1.54) is 17.3 Å². The van der Waals surface area contributed by atoms with Gasteiger partial charge in [-0.25, -0.2) is 4.98 Å². The van der Waals surface area contributed by atoms with Crippen LogP contribution in [0.3, 0.4) is 0 Å². The van der Waals surface area contributed by atoms with E-state index in [0.717, 1.165) is 10.0 Å². The summed E-state index contributed by atoms with van der Waals surface area (Å²) in [5, 5.41) is 0.281. The third-order valence-corrected chi connectivity index (χ3v) is 3.87. The number of halogens is 2. The molecule has 2 aromatic rings. The Kier molecular flexibility index (Phi) is 3.51. The van der Waals surface area contributed by atoms with Gasteiger partial charge in [-0.2, -0.15) is 0 Å². The van der Waals surface area contributed by atoms with E-state index in [2.05, 4.69) is 25.9 Å². The van der Waals surface area contributed by atoms with Gasteiger partial charge in [0.15, 0.2) is 0 Å². The quantitative estimate of drug-likeness (QED) is 0.767. The number of anilines is 1. The van der Waals surface area contributed by atoms with Gasteiger partial charge in [0.2, 0.25) is 0 Å². The number of carbonyl (C=O) groups is 2. The Morgan fingerprint density at radius 2 is 2.00 bits per heavy atom. The SMILES string of the molecule is Cc1cc(Br)cc2c1N(Cc1cnc(Cl)cn1)C(=O)C2=O. The van der Waals surface area contributed by atoms with Gasteiger partial charge in [0.1, 0.15) is 5.15 Å². The number of nitrogens with zero attached hydrogens (tertiary/aromatic N) is 3. The Bertz CT molecular complexity index is 762. The number of benzene rings is 1. The van der Waals surface area contributed by atoms with Crippen molar-refractivity contribution in [3.63, 3.8) is 0 Å². The molecule has 0 unspecified atom stereocenters. The molecule has 0 saturated carbocycles. The van der Waals surface area contributed by atoms with Gasteiger partial charge in [-0.05, 0) is 24.6 Å². The number of aromatic nitrogens is 2. The standard InChI is InChI=1S/C14H9BrClN3O2/c1-7-2-8(15)3-10-12(7)19(14(21)13(10)20)6-9-4-18-11(16)5-17-9/h2-5H,6H2,1H3. The fourth-order valence-corrected chi connectivity index (χ4v) is 3.01. The molecule has 5 nitrogen and oxygen atoms in total. The molecule has 106 valence electrons. The monoisotopic (exact) mass is 365 g/mol. The highest BCUT2D eigenvalue weighted by molar-refractivity contribution is 9.10. The van der Waals surface area contributed by atoms with Crippen molar-refractivity contribution >= 4 is 44.9 Å². The molecule has 0 radical (unpaired) electrons. The van der Waals surface area contributed by atoms with Crippen molar-refractivity contribution in [3.05, 3.63) is 51.0 Å². The first kappa shape index (κ1) is 14.2. The van der Waals surface area contributed by atoms with Gasteiger partial charge in [-0.3, -0.25) is 19.5 Å². The first-order chi connectivity index (χ1) is 9.97. The third-order valence-electron chi connectivity index (χ3n) is 3.21. The van der Waals surface area contributed by atoms with Crippen LogP contribution in [0.2, 0.25) is 5.15 Å². The summed E-state index contributed by atoms with van der Waals surface area (Å²) in [7, 11) is 0. The van der Waals surface area contributed by atoms with Crippen LogP contribution in [0.4, 0.5) is 5.69 Å². The van der Waals surface area contributed by atoms with E-state index >= 15 is 0 Å². The molecule has 1 aliphatic rings. The lowest BCUT2D eigenvalue weighted by molar-refractivity contribution is -0.114. The fourth-order valence-electron chi connectivity index (χ4n) is 2.34. The van der Waals surface area contributed by atoms with Crippen LogP contribution in [0.5, 0.6) is 0 Å². The topological polar surface area (TPSA) is 63.2 Å². The third kappa shape index (κ3) is 2.45. The predicted octanol–water partition coefficient (Wildman–Crippen LogP) is 2.93. The average molecular weight is 367 g/mol. The number of rotatable bonds is 2. The molecule has 1 aromatic heterocycles. The van der Waals surface area contributed by atoms with Crippen molar-refractivity contribution in [1.82, 2.24) is 9.97 Å². The van der Waals surface area contributed by atoms with Gasteiger partial charge in [0, 0.05) is 4.47 Å². The molecule has 0 saturated heterocycles. The van der Waals surface area contributed by atoms with E-state index in [9.17, 15) is 9.59 Å². The predicted molar refractivity (Wildman–Crippen MR) is 81.4 cm³/mol. The molecular formula is C14H9BrClN3O2. The largest absolute Gasteiger partial charge is 0.299 e. The highest BCUT2D eigenvalue weighted by atomic mass is 79.9. The average Bonchev–Trinajstić information content (AvgIpc) is 2.67. The number of amides is 1. The van der Waals surface area contributed by atoms with Crippen LogP contribution in [0.1, 0.15) is 21.6 Å². The first-order valence-electron chi connectivity index (χ1n) is 6.10. The van der Waals surface area contributed by atoms with Crippen molar-refractivity contribution in [1.29, 1.82) is 0 Å². The normalized spacial score (nSPS) is 13.8. The zero-order valence-electron chi connectivity index (χ0n) is 10.9. The number of hydrogen-bond donors (Lipinski definition) is 0. The van der Waals surface area contributed by atoms with Crippen LogP contribution in [0, 0.1) is 6.92 Å². The molecule has 21 heavy (non-hydrogen) atoms. The van der Waals surface area contributed by atoms with E-state index in [1.54, 1.807) is 6.07 Å². The second-order valence-corrected chi connectivity index (χ2v) is 5.97. The maximum absolute atomic E-state index is 12.2. The number of Topliss-reactive ketones (excluding diaryl/α,β-unsaturated/α-hetero) is 1. The van der Waals surface area contributed by atoms with Gasteiger partial charge in [-0.15, -0.1) is 0 Å². The molecule has 1 aliphatic heterocycles. The smallest absolute Gasteiger partial charge is 0.298 e. The molecule has 0 bridgehead atoms. The van der Waals surface area contributed by atoms with Gasteiger partial charge in [0.05, 0.1) is 35.9 Å². The summed E-state index contributed by atoms with van der Waals surface area (Å²) in [6, 6.07) is 3.53. The van der Waals surface area contributed by atoms with Crippen LogP contribution in [-0.4, -0.2) is 21.7 Å². The van der Waals surface area contributed by atoms with Crippen LogP contribution >= 0.6 is 27.5 Å². The Labute approximate surface area is 134 Å². The summed E-state index contributed by atoms with van der Waals surface area (Å²) in [4.78, 5) is 33.7. The molecule has 1 aromatic carbocycles.